The molecule has 0 bridgehead atoms. The van der Waals surface area contributed by atoms with Gasteiger partial charge in [0.05, 0.1) is 19.9 Å². The Kier molecular flexibility index (Phi) is 11.6. The van der Waals surface area contributed by atoms with Crippen molar-refractivity contribution >= 4 is 63.4 Å². The molecule has 0 aromatic heterocycles. The van der Waals surface area contributed by atoms with Gasteiger partial charge in [0.15, 0.2) is 0 Å². The first-order valence-corrected chi connectivity index (χ1v) is 12.9. The van der Waals surface area contributed by atoms with E-state index in [0.29, 0.717) is 35.0 Å². The van der Waals surface area contributed by atoms with Crippen LogP contribution in [0.25, 0.3) is 0 Å². The molecule has 3 aromatic carbocycles. The first kappa shape index (κ1) is 29.0. The number of alkyl halides is 1. The van der Waals surface area contributed by atoms with Crippen molar-refractivity contribution in [1.82, 2.24) is 9.80 Å². The zero-order chi connectivity index (χ0) is 24.6. The van der Waals surface area contributed by atoms with E-state index in [2.05, 4.69) is 9.80 Å². The summed E-state index contributed by atoms with van der Waals surface area (Å²) >= 11 is 25.5. The molecule has 1 heterocycles. The molecule has 2 atom stereocenters. The standard InChI is InChI=1S/C27H26Cl4N2O2.BrH/c28-22-10-7-20(8-11-22)26(35-18-21-9-12-23(29)17-25(21)30)27(31)33-15-14-32(19-33)13-4-16-34-24-5-2-1-3-6-24;/h1-3,5-12,14-15,17,26-27H,4,13,16,18-19H2;1H. The molecule has 1 aliphatic rings. The first-order valence-electron chi connectivity index (χ1n) is 11.3. The number of para-hydroxylation sites is 1. The van der Waals surface area contributed by atoms with Crippen LogP contribution in [-0.4, -0.2) is 35.1 Å². The lowest BCUT2D eigenvalue weighted by Gasteiger charge is -2.31. The Labute approximate surface area is 243 Å². The van der Waals surface area contributed by atoms with Gasteiger partial charge in [-0.05, 0) is 53.9 Å². The first-order chi connectivity index (χ1) is 17.0. The van der Waals surface area contributed by atoms with Gasteiger partial charge >= 0.3 is 0 Å². The van der Waals surface area contributed by atoms with Gasteiger partial charge in [-0.15, -0.1) is 17.0 Å². The summed E-state index contributed by atoms with van der Waals surface area (Å²) in [6.45, 7) is 2.46. The molecule has 0 fully saturated rings. The predicted molar refractivity (Wildman–Crippen MR) is 155 cm³/mol. The topological polar surface area (TPSA) is 24.9 Å². The third kappa shape index (κ3) is 8.20. The van der Waals surface area contributed by atoms with Gasteiger partial charge in [-0.25, -0.2) is 0 Å². The van der Waals surface area contributed by atoms with E-state index in [1.54, 1.807) is 12.1 Å². The van der Waals surface area contributed by atoms with Gasteiger partial charge in [0.2, 0.25) is 0 Å². The van der Waals surface area contributed by atoms with Crippen LogP contribution >= 0.6 is 63.4 Å². The second-order valence-electron chi connectivity index (χ2n) is 8.17. The van der Waals surface area contributed by atoms with E-state index in [0.717, 1.165) is 29.8 Å². The molecular formula is C27H27BrCl4N2O2. The third-order valence-electron chi connectivity index (χ3n) is 5.61. The van der Waals surface area contributed by atoms with E-state index in [-0.39, 0.29) is 17.0 Å². The highest BCUT2D eigenvalue weighted by Crippen LogP contribution is 2.33. The largest absolute Gasteiger partial charge is 0.494 e. The predicted octanol–water partition coefficient (Wildman–Crippen LogP) is 8.56. The van der Waals surface area contributed by atoms with Gasteiger partial charge in [0.25, 0.3) is 0 Å². The molecule has 36 heavy (non-hydrogen) atoms. The summed E-state index contributed by atoms with van der Waals surface area (Å²) in [4.78, 5) is 4.26. The number of benzene rings is 3. The van der Waals surface area contributed by atoms with E-state index in [1.165, 1.54) is 0 Å². The van der Waals surface area contributed by atoms with Crippen LogP contribution in [0.1, 0.15) is 23.7 Å². The molecular weight excluding hydrogens is 606 g/mol. The van der Waals surface area contributed by atoms with Crippen LogP contribution in [0.15, 0.2) is 85.2 Å². The summed E-state index contributed by atoms with van der Waals surface area (Å²) in [5, 5.41) is 1.80. The monoisotopic (exact) mass is 630 g/mol. The summed E-state index contributed by atoms with van der Waals surface area (Å²) in [6.07, 6.45) is 4.53. The van der Waals surface area contributed by atoms with Crippen molar-refractivity contribution < 1.29 is 9.47 Å². The van der Waals surface area contributed by atoms with Crippen LogP contribution < -0.4 is 4.74 Å². The maximum Gasteiger partial charge on any atom is 0.135 e. The van der Waals surface area contributed by atoms with E-state index in [4.69, 9.17) is 55.9 Å². The Balaban J connectivity index is 0.00000361. The van der Waals surface area contributed by atoms with Crippen LogP contribution in [0.3, 0.4) is 0 Å². The molecule has 0 saturated heterocycles. The minimum Gasteiger partial charge on any atom is -0.494 e. The van der Waals surface area contributed by atoms with E-state index in [9.17, 15) is 0 Å². The molecule has 192 valence electrons. The highest BCUT2D eigenvalue weighted by Gasteiger charge is 2.29. The second-order valence-corrected chi connectivity index (χ2v) is 9.90. The molecule has 0 spiro atoms. The smallest absolute Gasteiger partial charge is 0.135 e. The van der Waals surface area contributed by atoms with Crippen molar-refractivity contribution in [1.29, 1.82) is 0 Å². The Morgan fingerprint density at radius 1 is 0.861 bits per heavy atom. The quantitative estimate of drug-likeness (QED) is 0.120. The van der Waals surface area contributed by atoms with Crippen LogP contribution in [0.2, 0.25) is 15.1 Å². The van der Waals surface area contributed by atoms with Crippen LogP contribution in [0.4, 0.5) is 0 Å². The lowest BCUT2D eigenvalue weighted by atomic mass is 10.1. The van der Waals surface area contributed by atoms with Crippen LogP contribution in [-0.2, 0) is 11.3 Å². The molecule has 4 rings (SSSR count). The molecule has 4 nitrogen and oxygen atoms in total. The van der Waals surface area contributed by atoms with Crippen molar-refractivity contribution in [2.75, 3.05) is 19.8 Å². The fourth-order valence-corrected chi connectivity index (χ4v) is 4.68. The maximum atomic E-state index is 6.98. The summed E-state index contributed by atoms with van der Waals surface area (Å²) in [5.74, 6) is 0.885. The number of rotatable bonds is 11. The number of hydrogen-bond donors (Lipinski definition) is 0. The van der Waals surface area contributed by atoms with E-state index < -0.39 is 11.6 Å². The van der Waals surface area contributed by atoms with Crippen molar-refractivity contribution in [2.45, 2.75) is 24.6 Å². The Bertz CT molecular complexity index is 1120. The Hall–Kier alpha value is -1.60. The summed E-state index contributed by atoms with van der Waals surface area (Å²) < 4.78 is 12.1. The highest BCUT2D eigenvalue weighted by atomic mass is 79.9. The molecule has 1 aliphatic heterocycles. The lowest BCUT2D eigenvalue weighted by molar-refractivity contribution is 0.00672. The molecule has 0 radical (unpaired) electrons. The minimum atomic E-state index is -0.441. The highest BCUT2D eigenvalue weighted by molar-refractivity contribution is 8.93. The average Bonchev–Trinajstić information content (AvgIpc) is 3.34. The maximum absolute atomic E-state index is 6.98. The number of nitrogens with zero attached hydrogens (tertiary/aromatic N) is 2. The summed E-state index contributed by atoms with van der Waals surface area (Å²) in [7, 11) is 0. The number of hydrogen-bond acceptors (Lipinski definition) is 4. The van der Waals surface area contributed by atoms with E-state index in [1.807, 2.05) is 73.1 Å². The van der Waals surface area contributed by atoms with Crippen molar-refractivity contribution in [3.8, 4) is 5.75 Å². The lowest BCUT2D eigenvalue weighted by Crippen LogP contribution is -2.36. The fraction of sp³-hybridized carbons (Fsp3) is 0.259. The summed E-state index contributed by atoms with van der Waals surface area (Å²) in [6, 6.07) is 22.8. The van der Waals surface area contributed by atoms with Gasteiger partial charge < -0.3 is 19.3 Å². The molecule has 2 unspecified atom stereocenters. The van der Waals surface area contributed by atoms with Gasteiger partial charge in [0.1, 0.15) is 17.4 Å². The van der Waals surface area contributed by atoms with Crippen LogP contribution in [0.5, 0.6) is 5.75 Å². The molecule has 9 heteroatoms. The Morgan fingerprint density at radius 2 is 1.58 bits per heavy atom. The second kappa shape index (κ2) is 14.4. The molecule has 0 amide bonds. The van der Waals surface area contributed by atoms with Gasteiger partial charge in [-0.2, -0.15) is 0 Å². The fourth-order valence-electron chi connectivity index (χ4n) is 3.74. The van der Waals surface area contributed by atoms with E-state index >= 15 is 0 Å². The van der Waals surface area contributed by atoms with Crippen LogP contribution in [0, 0.1) is 0 Å². The number of halogens is 5. The molecule has 0 aliphatic carbocycles. The number of ether oxygens (including phenoxy) is 2. The Morgan fingerprint density at radius 3 is 2.31 bits per heavy atom. The molecule has 0 N–H and O–H groups in total. The normalized spacial score (nSPS) is 14.4. The van der Waals surface area contributed by atoms with Crippen molar-refractivity contribution in [3.63, 3.8) is 0 Å². The van der Waals surface area contributed by atoms with Gasteiger partial charge in [0, 0.05) is 34.0 Å². The average molecular weight is 633 g/mol. The zero-order valence-corrected chi connectivity index (χ0v) is 24.1. The van der Waals surface area contributed by atoms with Gasteiger partial charge in [-0.3, -0.25) is 0 Å². The molecule has 3 aromatic rings. The zero-order valence-electron chi connectivity index (χ0n) is 19.4. The van der Waals surface area contributed by atoms with Crippen molar-refractivity contribution in [2.24, 2.45) is 0 Å². The summed E-state index contributed by atoms with van der Waals surface area (Å²) in [5.41, 5.74) is 1.34. The molecule has 0 saturated carbocycles. The minimum absolute atomic E-state index is 0. The van der Waals surface area contributed by atoms with Crippen molar-refractivity contribution in [3.05, 3.63) is 111 Å². The SMILES string of the molecule is Br.Clc1ccc(C(OCc2ccc(Cl)cc2Cl)C(Cl)N2C=CN(CCCOc3ccccc3)C2)cc1. The van der Waals surface area contributed by atoms with Gasteiger partial charge in [-0.1, -0.05) is 82.8 Å². The third-order valence-corrected chi connectivity index (χ3v) is 6.93.